The van der Waals surface area contributed by atoms with Gasteiger partial charge in [-0.1, -0.05) is 6.07 Å². The van der Waals surface area contributed by atoms with Gasteiger partial charge < -0.3 is 10.6 Å². The number of anilines is 1. The molecular formula is C11H13FN2O. The molecule has 1 unspecified atom stereocenters. The summed E-state index contributed by atoms with van der Waals surface area (Å²) in [4.78, 5) is 13.1. The van der Waals surface area contributed by atoms with E-state index in [0.717, 1.165) is 0 Å². The van der Waals surface area contributed by atoms with Gasteiger partial charge in [0.1, 0.15) is 5.82 Å². The van der Waals surface area contributed by atoms with E-state index in [1.54, 1.807) is 24.0 Å². The fourth-order valence-corrected chi connectivity index (χ4v) is 1.86. The van der Waals surface area contributed by atoms with Crippen molar-refractivity contribution in [2.75, 3.05) is 11.4 Å². The van der Waals surface area contributed by atoms with Crippen LogP contribution >= 0.6 is 0 Å². The Hall–Kier alpha value is -1.42. The molecule has 1 fully saturated rings. The molecule has 80 valence electrons. The monoisotopic (exact) mass is 208 g/mol. The molecule has 2 N–H and O–H groups in total. The molecule has 1 aliphatic rings. The minimum Gasteiger partial charge on any atom is -0.326 e. The van der Waals surface area contributed by atoms with Crippen LogP contribution in [-0.2, 0) is 4.79 Å². The van der Waals surface area contributed by atoms with Crippen molar-refractivity contribution < 1.29 is 9.18 Å². The lowest BCUT2D eigenvalue weighted by Gasteiger charge is -2.18. The molecular weight excluding hydrogens is 195 g/mol. The molecule has 0 spiro atoms. The van der Waals surface area contributed by atoms with Gasteiger partial charge in [-0.3, -0.25) is 4.79 Å². The van der Waals surface area contributed by atoms with Crippen LogP contribution < -0.4 is 10.6 Å². The summed E-state index contributed by atoms with van der Waals surface area (Å²) in [6, 6.07) is 4.60. The first-order valence-electron chi connectivity index (χ1n) is 4.90. The van der Waals surface area contributed by atoms with Crippen LogP contribution in [0.3, 0.4) is 0 Å². The fourth-order valence-electron chi connectivity index (χ4n) is 1.86. The molecule has 1 aliphatic heterocycles. The highest BCUT2D eigenvalue weighted by Gasteiger charge is 2.29. The highest BCUT2D eigenvalue weighted by molar-refractivity contribution is 5.96. The number of carbonyl (C=O) groups is 1. The summed E-state index contributed by atoms with van der Waals surface area (Å²) in [5, 5.41) is 0. The largest absolute Gasteiger partial charge is 0.326 e. The SMILES string of the molecule is Cc1c(F)cccc1N1CC(N)CC1=O. The van der Waals surface area contributed by atoms with Gasteiger partial charge in [0.15, 0.2) is 0 Å². The fraction of sp³-hybridized carbons (Fsp3) is 0.364. The predicted octanol–water partition coefficient (Wildman–Crippen LogP) is 1.20. The quantitative estimate of drug-likeness (QED) is 0.753. The zero-order valence-electron chi connectivity index (χ0n) is 8.53. The molecule has 1 amide bonds. The standard InChI is InChI=1S/C11H13FN2O/c1-7-9(12)3-2-4-10(7)14-6-8(13)5-11(14)15/h2-4,8H,5-6,13H2,1H3. The smallest absolute Gasteiger partial charge is 0.228 e. The van der Waals surface area contributed by atoms with Crippen molar-refractivity contribution >= 4 is 11.6 Å². The van der Waals surface area contributed by atoms with Crippen LogP contribution in [0.4, 0.5) is 10.1 Å². The van der Waals surface area contributed by atoms with E-state index in [1.165, 1.54) is 6.07 Å². The van der Waals surface area contributed by atoms with Gasteiger partial charge in [-0.05, 0) is 19.1 Å². The Morgan fingerprint density at radius 2 is 2.27 bits per heavy atom. The summed E-state index contributed by atoms with van der Waals surface area (Å²) in [7, 11) is 0. The van der Waals surface area contributed by atoms with Gasteiger partial charge in [0, 0.05) is 30.3 Å². The first-order chi connectivity index (χ1) is 7.09. The average Bonchev–Trinajstić information content (AvgIpc) is 2.50. The first kappa shape index (κ1) is 10.1. The van der Waals surface area contributed by atoms with Crippen molar-refractivity contribution in [2.45, 2.75) is 19.4 Å². The van der Waals surface area contributed by atoms with E-state index < -0.39 is 0 Å². The Balaban J connectivity index is 2.38. The summed E-state index contributed by atoms with van der Waals surface area (Å²) in [6.45, 7) is 2.14. The number of carbonyl (C=O) groups excluding carboxylic acids is 1. The van der Waals surface area contributed by atoms with Crippen LogP contribution in [0.2, 0.25) is 0 Å². The van der Waals surface area contributed by atoms with E-state index in [-0.39, 0.29) is 17.8 Å². The normalized spacial score (nSPS) is 21.1. The Morgan fingerprint density at radius 1 is 1.53 bits per heavy atom. The zero-order chi connectivity index (χ0) is 11.0. The third-order valence-electron chi connectivity index (χ3n) is 2.68. The summed E-state index contributed by atoms with van der Waals surface area (Å²) >= 11 is 0. The van der Waals surface area contributed by atoms with Crippen molar-refractivity contribution in [1.29, 1.82) is 0 Å². The highest BCUT2D eigenvalue weighted by atomic mass is 19.1. The molecule has 0 aliphatic carbocycles. The van der Waals surface area contributed by atoms with Gasteiger partial charge in [0.05, 0.1) is 0 Å². The number of halogens is 1. The molecule has 1 aromatic carbocycles. The molecule has 15 heavy (non-hydrogen) atoms. The molecule has 2 rings (SSSR count). The second-order valence-corrected chi connectivity index (χ2v) is 3.85. The third kappa shape index (κ3) is 1.72. The van der Waals surface area contributed by atoms with Gasteiger partial charge >= 0.3 is 0 Å². The minimum absolute atomic E-state index is 0.0313. The number of hydrogen-bond donors (Lipinski definition) is 1. The molecule has 1 heterocycles. The molecule has 4 heteroatoms. The summed E-state index contributed by atoms with van der Waals surface area (Å²) < 4.78 is 13.3. The van der Waals surface area contributed by atoms with Crippen LogP contribution in [-0.4, -0.2) is 18.5 Å². The van der Waals surface area contributed by atoms with Gasteiger partial charge in [-0.15, -0.1) is 0 Å². The van der Waals surface area contributed by atoms with Crippen molar-refractivity contribution in [3.63, 3.8) is 0 Å². The average molecular weight is 208 g/mol. The van der Waals surface area contributed by atoms with Crippen LogP contribution in [0.5, 0.6) is 0 Å². The van der Waals surface area contributed by atoms with E-state index in [4.69, 9.17) is 5.73 Å². The van der Waals surface area contributed by atoms with Gasteiger partial charge in [-0.25, -0.2) is 4.39 Å². The highest BCUT2D eigenvalue weighted by Crippen LogP contribution is 2.26. The second-order valence-electron chi connectivity index (χ2n) is 3.85. The van der Waals surface area contributed by atoms with Crippen LogP contribution in [0.1, 0.15) is 12.0 Å². The number of hydrogen-bond acceptors (Lipinski definition) is 2. The molecule has 3 nitrogen and oxygen atoms in total. The molecule has 1 atom stereocenters. The van der Waals surface area contributed by atoms with E-state index in [2.05, 4.69) is 0 Å². The number of nitrogens with two attached hydrogens (primary N) is 1. The van der Waals surface area contributed by atoms with E-state index in [1.807, 2.05) is 0 Å². The Labute approximate surface area is 87.7 Å². The molecule has 0 radical (unpaired) electrons. The van der Waals surface area contributed by atoms with Gasteiger partial charge in [0.2, 0.25) is 5.91 Å². The van der Waals surface area contributed by atoms with Crippen LogP contribution in [0.25, 0.3) is 0 Å². The maximum atomic E-state index is 13.3. The Bertz CT molecular complexity index is 406. The second kappa shape index (κ2) is 3.62. The maximum absolute atomic E-state index is 13.3. The molecule has 1 aromatic rings. The van der Waals surface area contributed by atoms with E-state index in [0.29, 0.717) is 24.2 Å². The maximum Gasteiger partial charge on any atom is 0.228 e. The van der Waals surface area contributed by atoms with E-state index in [9.17, 15) is 9.18 Å². The lowest BCUT2D eigenvalue weighted by Crippen LogP contribution is -2.28. The van der Waals surface area contributed by atoms with Crippen molar-refractivity contribution in [3.8, 4) is 0 Å². The van der Waals surface area contributed by atoms with Crippen molar-refractivity contribution in [3.05, 3.63) is 29.6 Å². The summed E-state index contributed by atoms with van der Waals surface area (Å²) in [5.74, 6) is -0.322. The number of nitrogens with zero attached hydrogens (tertiary/aromatic N) is 1. The zero-order valence-corrected chi connectivity index (χ0v) is 8.53. The lowest BCUT2D eigenvalue weighted by molar-refractivity contribution is -0.117. The Morgan fingerprint density at radius 3 is 2.87 bits per heavy atom. The van der Waals surface area contributed by atoms with Crippen molar-refractivity contribution in [1.82, 2.24) is 0 Å². The minimum atomic E-state index is -0.291. The number of rotatable bonds is 1. The molecule has 0 aromatic heterocycles. The van der Waals surface area contributed by atoms with Crippen LogP contribution in [0.15, 0.2) is 18.2 Å². The molecule has 0 bridgehead atoms. The number of amides is 1. The third-order valence-corrected chi connectivity index (χ3v) is 2.68. The topological polar surface area (TPSA) is 46.3 Å². The first-order valence-corrected chi connectivity index (χ1v) is 4.90. The molecule has 0 saturated carbocycles. The summed E-state index contributed by atoms with van der Waals surface area (Å²) in [6.07, 6.45) is 0.343. The number of benzene rings is 1. The molecule has 1 saturated heterocycles. The van der Waals surface area contributed by atoms with Crippen LogP contribution in [0, 0.1) is 12.7 Å². The van der Waals surface area contributed by atoms with E-state index >= 15 is 0 Å². The predicted molar refractivity (Wildman–Crippen MR) is 56.1 cm³/mol. The Kier molecular flexibility index (Phi) is 2.44. The lowest BCUT2D eigenvalue weighted by atomic mass is 10.1. The van der Waals surface area contributed by atoms with Crippen molar-refractivity contribution in [2.24, 2.45) is 5.73 Å². The van der Waals surface area contributed by atoms with Gasteiger partial charge in [0.25, 0.3) is 0 Å². The van der Waals surface area contributed by atoms with Gasteiger partial charge in [-0.2, -0.15) is 0 Å². The summed E-state index contributed by atoms with van der Waals surface area (Å²) in [5.41, 5.74) is 6.82.